The molecule has 0 N–H and O–H groups in total. The third-order valence-electron chi connectivity index (χ3n) is 1.77. The molecule has 1 aliphatic rings. The van der Waals surface area contributed by atoms with Gasteiger partial charge in [0.2, 0.25) is 0 Å². The summed E-state index contributed by atoms with van der Waals surface area (Å²) in [5, 5.41) is 0. The van der Waals surface area contributed by atoms with Gasteiger partial charge in [-0.2, -0.15) is 0 Å². The maximum Gasteiger partial charge on any atom is 0.345 e. The Morgan fingerprint density at radius 2 is 1.56 bits per heavy atom. The first-order valence-corrected chi connectivity index (χ1v) is 5.31. The van der Waals surface area contributed by atoms with Crippen molar-refractivity contribution in [1.29, 1.82) is 0 Å². The predicted molar refractivity (Wildman–Crippen MR) is 38.5 cm³/mol. The molecule has 0 saturated carbocycles. The first-order chi connectivity index (χ1) is 4.33. The zero-order valence-electron chi connectivity index (χ0n) is 5.89. The van der Waals surface area contributed by atoms with E-state index >= 15 is 0 Å². The van der Waals surface area contributed by atoms with Gasteiger partial charge >= 0.3 is 8.56 Å². The molecule has 1 rings (SSSR count). The minimum Gasteiger partial charge on any atom is -0.397 e. The quantitative estimate of drug-likeness (QED) is 0.429. The van der Waals surface area contributed by atoms with Crippen LogP contribution in [0.3, 0.4) is 0 Å². The summed E-state index contributed by atoms with van der Waals surface area (Å²) in [6, 6.07) is 2.03. The molecule has 9 heavy (non-hydrogen) atoms. The molecule has 0 amide bonds. The molecule has 0 radical (unpaired) electrons. The zero-order chi connectivity index (χ0) is 6.74. The van der Waals surface area contributed by atoms with Gasteiger partial charge in [0.15, 0.2) is 0 Å². The van der Waals surface area contributed by atoms with Crippen molar-refractivity contribution in [3.63, 3.8) is 0 Å². The molecule has 1 aliphatic heterocycles. The Labute approximate surface area is 56.7 Å². The average Bonchev–Trinajstić information content (AvgIpc) is 2.36. The fourth-order valence-electron chi connectivity index (χ4n) is 1.03. The van der Waals surface area contributed by atoms with Crippen LogP contribution in [0.15, 0.2) is 12.2 Å². The van der Waals surface area contributed by atoms with Crippen LogP contribution in [0.5, 0.6) is 0 Å². The van der Waals surface area contributed by atoms with Gasteiger partial charge in [-0.1, -0.05) is 12.2 Å². The summed E-state index contributed by atoms with van der Waals surface area (Å²) in [4.78, 5) is 0. The predicted octanol–water partition coefficient (Wildman–Crippen LogP) is 1.29. The molecule has 1 heterocycles. The smallest absolute Gasteiger partial charge is 0.345 e. The van der Waals surface area contributed by atoms with Gasteiger partial charge in [0, 0.05) is 26.3 Å². The summed E-state index contributed by atoms with van der Waals surface area (Å²) in [7, 11) is 1.79. The van der Waals surface area contributed by atoms with E-state index in [0.29, 0.717) is 0 Å². The van der Waals surface area contributed by atoms with Gasteiger partial charge in [0.05, 0.1) is 0 Å². The second-order valence-corrected chi connectivity index (χ2v) is 5.65. The average molecular weight is 144 g/mol. The Balaban J connectivity index is 2.50. The molecule has 0 aliphatic carbocycles. The van der Waals surface area contributed by atoms with Crippen LogP contribution in [0.25, 0.3) is 0 Å². The Hall–Kier alpha value is -0.123. The Morgan fingerprint density at radius 3 is 1.78 bits per heavy atom. The van der Waals surface area contributed by atoms with Crippen molar-refractivity contribution in [2.45, 2.75) is 12.1 Å². The van der Waals surface area contributed by atoms with Gasteiger partial charge in [-0.25, -0.2) is 0 Å². The summed E-state index contributed by atoms with van der Waals surface area (Å²) < 4.78 is 10.6. The normalized spacial score (nSPS) is 22.9. The van der Waals surface area contributed by atoms with Gasteiger partial charge in [-0.15, -0.1) is 0 Å². The highest BCUT2D eigenvalue weighted by molar-refractivity contribution is 6.69. The third-order valence-corrected chi connectivity index (χ3v) is 4.97. The molecule has 0 unspecified atom stereocenters. The summed E-state index contributed by atoms with van der Waals surface area (Å²) >= 11 is 0. The lowest BCUT2D eigenvalue weighted by atomic mass is 10.6. The van der Waals surface area contributed by atoms with Crippen LogP contribution in [0.4, 0.5) is 0 Å². The maximum absolute atomic E-state index is 5.30. The van der Waals surface area contributed by atoms with Gasteiger partial charge in [-0.05, 0) is 0 Å². The van der Waals surface area contributed by atoms with Crippen molar-refractivity contribution in [2.75, 3.05) is 14.2 Å². The van der Waals surface area contributed by atoms with Gasteiger partial charge in [-0.3, -0.25) is 0 Å². The van der Waals surface area contributed by atoms with E-state index in [1.165, 1.54) is 0 Å². The molecule has 0 aromatic rings. The van der Waals surface area contributed by atoms with Crippen LogP contribution < -0.4 is 0 Å². The minimum absolute atomic E-state index is 1.01. The van der Waals surface area contributed by atoms with Crippen LogP contribution >= 0.6 is 0 Å². The molecule has 52 valence electrons. The summed E-state index contributed by atoms with van der Waals surface area (Å²) in [6.07, 6.45) is 4.28. The van der Waals surface area contributed by atoms with Gasteiger partial charge in [0.1, 0.15) is 0 Å². The molecule has 0 saturated heterocycles. The fraction of sp³-hybridized carbons (Fsp3) is 0.667. The SMILES string of the molecule is CO[Si]1(OC)CC=CC1. The molecule has 0 spiro atoms. The van der Waals surface area contributed by atoms with Gasteiger partial charge in [0.25, 0.3) is 0 Å². The molecule has 0 aromatic carbocycles. The summed E-state index contributed by atoms with van der Waals surface area (Å²) in [6.45, 7) is 0. The first-order valence-electron chi connectivity index (χ1n) is 3.08. The highest BCUT2D eigenvalue weighted by atomic mass is 28.4. The molecule has 0 aromatic heterocycles. The van der Waals surface area contributed by atoms with Crippen LogP contribution in [-0.4, -0.2) is 22.8 Å². The van der Waals surface area contributed by atoms with E-state index in [-0.39, 0.29) is 0 Å². The number of hydrogen-bond donors (Lipinski definition) is 0. The minimum atomic E-state index is -1.69. The highest BCUT2D eigenvalue weighted by Crippen LogP contribution is 2.24. The van der Waals surface area contributed by atoms with Crippen molar-refractivity contribution in [1.82, 2.24) is 0 Å². The molecule has 0 bridgehead atoms. The second kappa shape index (κ2) is 2.64. The lowest BCUT2D eigenvalue weighted by Gasteiger charge is -2.20. The van der Waals surface area contributed by atoms with E-state index in [1.807, 2.05) is 0 Å². The summed E-state index contributed by atoms with van der Waals surface area (Å²) in [5.41, 5.74) is 0. The van der Waals surface area contributed by atoms with Crippen molar-refractivity contribution < 1.29 is 8.85 Å². The molecular weight excluding hydrogens is 132 g/mol. The highest BCUT2D eigenvalue weighted by Gasteiger charge is 2.35. The van der Waals surface area contributed by atoms with E-state index in [1.54, 1.807) is 14.2 Å². The third kappa shape index (κ3) is 1.23. The topological polar surface area (TPSA) is 18.5 Å². The van der Waals surface area contributed by atoms with Gasteiger partial charge < -0.3 is 8.85 Å². The number of rotatable bonds is 2. The molecule has 2 nitrogen and oxygen atoms in total. The Kier molecular flexibility index (Phi) is 2.05. The van der Waals surface area contributed by atoms with Crippen molar-refractivity contribution in [3.8, 4) is 0 Å². The van der Waals surface area contributed by atoms with E-state index in [4.69, 9.17) is 8.85 Å². The van der Waals surface area contributed by atoms with Crippen LogP contribution in [0, 0.1) is 0 Å². The molecular formula is C6H12O2Si. The fourth-order valence-corrected chi connectivity index (χ4v) is 3.08. The van der Waals surface area contributed by atoms with Crippen molar-refractivity contribution >= 4 is 8.56 Å². The Morgan fingerprint density at radius 1 is 1.11 bits per heavy atom. The van der Waals surface area contributed by atoms with Crippen LogP contribution in [0.2, 0.25) is 12.1 Å². The lowest BCUT2D eigenvalue weighted by Crippen LogP contribution is -2.36. The standard InChI is InChI=1S/C6H12O2Si/c1-7-9(8-2)5-3-4-6-9/h3-4H,5-6H2,1-2H3. The molecule has 0 atom stereocenters. The van der Waals surface area contributed by atoms with E-state index in [9.17, 15) is 0 Å². The second-order valence-electron chi connectivity index (χ2n) is 2.20. The Bertz CT molecular complexity index is 108. The first kappa shape index (κ1) is 6.99. The van der Waals surface area contributed by atoms with E-state index < -0.39 is 8.56 Å². The van der Waals surface area contributed by atoms with Crippen LogP contribution in [-0.2, 0) is 8.85 Å². The molecule has 3 heteroatoms. The monoisotopic (exact) mass is 144 g/mol. The molecule has 0 fully saturated rings. The zero-order valence-corrected chi connectivity index (χ0v) is 6.89. The largest absolute Gasteiger partial charge is 0.397 e. The van der Waals surface area contributed by atoms with E-state index in [2.05, 4.69) is 12.2 Å². The lowest BCUT2D eigenvalue weighted by molar-refractivity contribution is 0.251. The maximum atomic E-state index is 5.30. The van der Waals surface area contributed by atoms with Crippen LogP contribution in [0.1, 0.15) is 0 Å². The van der Waals surface area contributed by atoms with E-state index in [0.717, 1.165) is 12.1 Å². The van der Waals surface area contributed by atoms with Crippen molar-refractivity contribution in [3.05, 3.63) is 12.2 Å². The number of allylic oxidation sites excluding steroid dienone is 2. The summed E-state index contributed by atoms with van der Waals surface area (Å²) in [5.74, 6) is 0. The van der Waals surface area contributed by atoms with Crippen molar-refractivity contribution in [2.24, 2.45) is 0 Å². The number of hydrogen-bond acceptors (Lipinski definition) is 2.